The molecule has 17 nitrogen and oxygen atoms in total. The topological polar surface area (TPSA) is 237 Å². The minimum absolute atomic E-state index is 0.103. The summed E-state index contributed by atoms with van der Waals surface area (Å²) in [6.07, 6.45) is 35.1. The molecule has 0 aliphatic heterocycles. The van der Waals surface area contributed by atoms with Gasteiger partial charge in [0.25, 0.3) is 0 Å². The Hall–Kier alpha value is -1.94. The predicted molar refractivity (Wildman–Crippen MR) is 326 cm³/mol. The van der Waals surface area contributed by atoms with E-state index in [0.717, 1.165) is 114 Å². The molecule has 486 valence electrons. The van der Waals surface area contributed by atoms with Gasteiger partial charge < -0.3 is 33.8 Å². The Balaban J connectivity index is 5.19. The number of esters is 4. The lowest BCUT2D eigenvalue weighted by Gasteiger charge is -2.21. The Labute approximate surface area is 498 Å². The van der Waals surface area contributed by atoms with Crippen LogP contribution in [0.15, 0.2) is 0 Å². The molecule has 0 aromatic heterocycles. The number of ether oxygens (including phenoxy) is 4. The average molecular weight is 1210 g/mol. The minimum atomic E-state index is -4.94. The summed E-state index contributed by atoms with van der Waals surface area (Å²) in [5.41, 5.74) is 0. The second kappa shape index (κ2) is 54.5. The van der Waals surface area contributed by atoms with Crippen molar-refractivity contribution < 1.29 is 80.2 Å². The van der Waals surface area contributed by atoms with Gasteiger partial charge in [-0.3, -0.25) is 37.3 Å². The molecule has 0 fully saturated rings. The van der Waals surface area contributed by atoms with E-state index in [1.807, 2.05) is 0 Å². The molecule has 0 aromatic carbocycles. The van der Waals surface area contributed by atoms with Crippen molar-refractivity contribution in [1.29, 1.82) is 0 Å². The van der Waals surface area contributed by atoms with Crippen LogP contribution in [0.1, 0.15) is 305 Å². The number of carbonyl (C=O) groups is 4. The molecule has 0 aromatic rings. The highest BCUT2D eigenvalue weighted by molar-refractivity contribution is 7.47. The molecule has 0 aliphatic carbocycles. The largest absolute Gasteiger partial charge is 0.472 e. The van der Waals surface area contributed by atoms with Gasteiger partial charge in [0, 0.05) is 25.7 Å². The molecule has 0 bridgehead atoms. The van der Waals surface area contributed by atoms with Gasteiger partial charge in [-0.25, -0.2) is 9.13 Å². The normalized spacial score (nSPS) is 14.7. The van der Waals surface area contributed by atoms with Crippen LogP contribution in [0, 0.1) is 17.8 Å². The number of phosphoric ester groups is 2. The molecule has 19 heteroatoms. The molecule has 0 heterocycles. The summed E-state index contributed by atoms with van der Waals surface area (Å²) >= 11 is 0. The van der Waals surface area contributed by atoms with Crippen LogP contribution in [0.2, 0.25) is 0 Å². The lowest BCUT2D eigenvalue weighted by Crippen LogP contribution is -2.30. The van der Waals surface area contributed by atoms with Crippen molar-refractivity contribution in [2.24, 2.45) is 17.8 Å². The number of hydrogen-bond donors (Lipinski definition) is 3. The van der Waals surface area contributed by atoms with E-state index in [1.165, 1.54) is 109 Å². The van der Waals surface area contributed by atoms with Crippen molar-refractivity contribution in [2.45, 2.75) is 324 Å². The number of phosphoric acid groups is 2. The van der Waals surface area contributed by atoms with Crippen LogP contribution < -0.4 is 0 Å². The van der Waals surface area contributed by atoms with E-state index in [2.05, 4.69) is 48.5 Å². The zero-order valence-electron chi connectivity index (χ0n) is 52.9. The third-order valence-electron chi connectivity index (χ3n) is 14.7. The molecule has 3 N–H and O–H groups in total. The van der Waals surface area contributed by atoms with Crippen LogP contribution in [0.3, 0.4) is 0 Å². The molecule has 0 amide bonds. The smallest absolute Gasteiger partial charge is 0.462 e. The zero-order chi connectivity index (χ0) is 61.0. The van der Waals surface area contributed by atoms with Crippen molar-refractivity contribution >= 4 is 39.5 Å². The van der Waals surface area contributed by atoms with Crippen LogP contribution in [0.25, 0.3) is 0 Å². The van der Waals surface area contributed by atoms with Crippen molar-refractivity contribution in [3.8, 4) is 0 Å². The van der Waals surface area contributed by atoms with Crippen molar-refractivity contribution in [1.82, 2.24) is 0 Å². The lowest BCUT2D eigenvalue weighted by atomic mass is 9.99. The van der Waals surface area contributed by atoms with Gasteiger partial charge in [-0.05, 0) is 43.4 Å². The maximum absolute atomic E-state index is 13.0. The highest BCUT2D eigenvalue weighted by Gasteiger charge is 2.30. The Morgan fingerprint density at radius 3 is 0.927 bits per heavy atom. The van der Waals surface area contributed by atoms with Gasteiger partial charge >= 0.3 is 39.5 Å². The first-order chi connectivity index (χ1) is 39.3. The van der Waals surface area contributed by atoms with Crippen LogP contribution >= 0.6 is 15.6 Å². The molecule has 0 radical (unpaired) electrons. The quantitative estimate of drug-likeness (QED) is 0.0222. The van der Waals surface area contributed by atoms with Crippen LogP contribution in [0.5, 0.6) is 0 Å². The molecule has 0 rings (SSSR count). The van der Waals surface area contributed by atoms with Crippen LogP contribution in [-0.4, -0.2) is 96.7 Å². The zero-order valence-corrected chi connectivity index (χ0v) is 54.7. The number of hydrogen-bond acceptors (Lipinski definition) is 15. The van der Waals surface area contributed by atoms with E-state index >= 15 is 0 Å². The molecule has 0 saturated carbocycles. The summed E-state index contributed by atoms with van der Waals surface area (Å²) < 4.78 is 67.8. The van der Waals surface area contributed by atoms with Gasteiger partial charge in [-0.15, -0.1) is 0 Å². The summed E-state index contributed by atoms with van der Waals surface area (Å²) in [6, 6.07) is 0. The first-order valence-corrected chi connectivity index (χ1v) is 35.9. The van der Waals surface area contributed by atoms with E-state index in [1.54, 1.807) is 0 Å². The van der Waals surface area contributed by atoms with Crippen LogP contribution in [-0.2, 0) is 65.4 Å². The first kappa shape index (κ1) is 80.1. The maximum atomic E-state index is 13.0. The Bertz CT molecular complexity index is 1630. The highest BCUT2D eigenvalue weighted by atomic mass is 31.2. The molecule has 3 unspecified atom stereocenters. The van der Waals surface area contributed by atoms with Gasteiger partial charge in [0.05, 0.1) is 26.4 Å². The molecule has 0 saturated heterocycles. The average Bonchev–Trinajstić information content (AvgIpc) is 3.45. The molecule has 6 atom stereocenters. The number of aliphatic hydroxyl groups is 1. The van der Waals surface area contributed by atoms with Gasteiger partial charge in [-0.1, -0.05) is 254 Å². The Kier molecular flexibility index (Phi) is 53.2. The summed E-state index contributed by atoms with van der Waals surface area (Å²) in [5.74, 6) is 0.113. The highest BCUT2D eigenvalue weighted by Crippen LogP contribution is 2.45. The predicted octanol–water partition coefficient (Wildman–Crippen LogP) is 17.1. The van der Waals surface area contributed by atoms with Gasteiger partial charge in [0.15, 0.2) is 12.2 Å². The number of aliphatic hydroxyl groups excluding tert-OH is 1. The SMILES string of the molecule is CCCCCCCC(=O)OC[C@H](COP(=O)(O)OC[C@H](O)COP(=O)(O)OC[C@@H](COC(=O)CCCCCCCCCCC(C)CC)OC(=O)CCCCCCCCCCCCCC(C)C)OC(=O)CCCCCCCCCCC(C)C. The van der Waals surface area contributed by atoms with Crippen LogP contribution in [0.4, 0.5) is 0 Å². The van der Waals surface area contributed by atoms with E-state index in [-0.39, 0.29) is 25.7 Å². The Morgan fingerprint density at radius 1 is 0.354 bits per heavy atom. The summed E-state index contributed by atoms with van der Waals surface area (Å²) in [5, 5.41) is 10.5. The van der Waals surface area contributed by atoms with Gasteiger partial charge in [0.2, 0.25) is 0 Å². The van der Waals surface area contributed by atoms with Crippen molar-refractivity contribution in [3.05, 3.63) is 0 Å². The van der Waals surface area contributed by atoms with E-state index in [9.17, 15) is 43.2 Å². The lowest BCUT2D eigenvalue weighted by molar-refractivity contribution is -0.161. The monoisotopic (exact) mass is 1210 g/mol. The molecule has 82 heavy (non-hydrogen) atoms. The van der Waals surface area contributed by atoms with E-state index in [0.29, 0.717) is 25.7 Å². The Morgan fingerprint density at radius 2 is 0.622 bits per heavy atom. The third kappa shape index (κ3) is 55.9. The molecule has 0 spiro atoms. The van der Waals surface area contributed by atoms with Crippen molar-refractivity contribution in [2.75, 3.05) is 39.6 Å². The first-order valence-electron chi connectivity index (χ1n) is 32.9. The molecular formula is C63H122O17P2. The maximum Gasteiger partial charge on any atom is 0.472 e. The standard InChI is InChI=1S/C63H122O17P2/c1-8-10-11-27-37-44-60(65)73-50-58(79-63(68)47-40-33-26-19-17-22-29-35-42-55(5)6)52-77-81(69,70)75-48-57(64)49-76-82(71,72)78-53-59(51-74-61(66)45-38-31-24-20-18-23-30-36-43-56(7)9-2)80-62(67)46-39-32-25-16-14-12-13-15-21-28-34-41-54(3)4/h54-59,64H,8-53H2,1-7H3,(H,69,70)(H,71,72)/t56?,57-,58+,59+/m0/s1. The number of rotatable bonds is 61. The summed E-state index contributed by atoms with van der Waals surface area (Å²) in [7, 11) is -9.88. The number of carbonyl (C=O) groups excluding carboxylic acids is 4. The van der Waals surface area contributed by atoms with Gasteiger partial charge in [-0.2, -0.15) is 0 Å². The van der Waals surface area contributed by atoms with Gasteiger partial charge in [0.1, 0.15) is 19.3 Å². The summed E-state index contributed by atoms with van der Waals surface area (Å²) in [4.78, 5) is 71.9. The fourth-order valence-corrected chi connectivity index (χ4v) is 10.9. The van der Waals surface area contributed by atoms with Crippen molar-refractivity contribution in [3.63, 3.8) is 0 Å². The number of unbranched alkanes of at least 4 members (excludes halogenated alkanes) is 28. The fraction of sp³-hybridized carbons (Fsp3) is 0.937. The molecular weight excluding hydrogens is 1090 g/mol. The molecule has 0 aliphatic rings. The summed E-state index contributed by atoms with van der Waals surface area (Å²) in [6.45, 7) is 11.7. The minimum Gasteiger partial charge on any atom is -0.462 e. The third-order valence-corrected chi connectivity index (χ3v) is 16.6. The second-order valence-corrected chi connectivity index (χ2v) is 26.9. The van der Waals surface area contributed by atoms with E-state index in [4.69, 9.17) is 37.0 Å². The second-order valence-electron chi connectivity index (χ2n) is 24.0. The fourth-order valence-electron chi connectivity index (χ4n) is 9.27. The van der Waals surface area contributed by atoms with E-state index < -0.39 is 97.5 Å².